The lowest BCUT2D eigenvalue weighted by atomic mass is 9.84. The quantitative estimate of drug-likeness (QED) is 0.785. The van der Waals surface area contributed by atoms with Crippen LogP contribution in [-0.4, -0.2) is 10.2 Å². The summed E-state index contributed by atoms with van der Waals surface area (Å²) in [6.45, 7) is 6.63. The molecule has 0 amide bonds. The number of nitrogens with zero attached hydrogens (tertiary/aromatic N) is 2. The van der Waals surface area contributed by atoms with Crippen molar-refractivity contribution in [1.29, 1.82) is 0 Å². The standard InChI is InChI=1S/C12H13BrN2S/c1-12(2,3)9-7-5-4-6-8(9)10-14-15-11(13)16-10/h4-7H,1-3H3. The first-order valence-electron chi connectivity index (χ1n) is 5.07. The molecular weight excluding hydrogens is 284 g/mol. The van der Waals surface area contributed by atoms with E-state index < -0.39 is 0 Å². The minimum absolute atomic E-state index is 0.120. The highest BCUT2D eigenvalue weighted by Gasteiger charge is 2.19. The second-order valence-electron chi connectivity index (χ2n) is 4.66. The predicted octanol–water partition coefficient (Wildman–Crippen LogP) is 4.27. The van der Waals surface area contributed by atoms with E-state index in [1.807, 2.05) is 6.07 Å². The van der Waals surface area contributed by atoms with Gasteiger partial charge in [0.2, 0.25) is 0 Å². The fourth-order valence-electron chi connectivity index (χ4n) is 1.64. The molecular formula is C12H13BrN2S. The van der Waals surface area contributed by atoms with Crippen molar-refractivity contribution in [1.82, 2.24) is 10.2 Å². The van der Waals surface area contributed by atoms with E-state index in [-0.39, 0.29) is 5.41 Å². The highest BCUT2D eigenvalue weighted by Crippen LogP contribution is 2.35. The van der Waals surface area contributed by atoms with Gasteiger partial charge in [0, 0.05) is 5.56 Å². The first-order chi connectivity index (χ1) is 7.48. The Morgan fingerprint density at radius 3 is 2.38 bits per heavy atom. The molecule has 0 saturated heterocycles. The summed E-state index contributed by atoms with van der Waals surface area (Å²) in [5, 5.41) is 9.15. The molecule has 1 heterocycles. The van der Waals surface area contributed by atoms with E-state index in [0.717, 1.165) is 8.92 Å². The monoisotopic (exact) mass is 296 g/mol. The van der Waals surface area contributed by atoms with Gasteiger partial charge in [0.1, 0.15) is 5.01 Å². The summed E-state index contributed by atoms with van der Waals surface area (Å²) in [4.78, 5) is 0. The summed E-state index contributed by atoms with van der Waals surface area (Å²) < 4.78 is 0.825. The minimum atomic E-state index is 0.120. The van der Waals surface area contributed by atoms with E-state index in [2.05, 4.69) is 65.1 Å². The molecule has 0 aliphatic carbocycles. The highest BCUT2D eigenvalue weighted by molar-refractivity contribution is 9.11. The van der Waals surface area contributed by atoms with Crippen LogP contribution >= 0.6 is 27.3 Å². The zero-order chi connectivity index (χ0) is 11.8. The fourth-order valence-corrected chi connectivity index (χ4v) is 2.79. The zero-order valence-electron chi connectivity index (χ0n) is 9.49. The largest absolute Gasteiger partial charge is 0.183 e. The number of hydrogen-bond acceptors (Lipinski definition) is 3. The molecule has 2 aromatic rings. The molecule has 0 saturated carbocycles. The Bertz CT molecular complexity index is 500. The van der Waals surface area contributed by atoms with Crippen molar-refractivity contribution in [3.05, 3.63) is 33.7 Å². The van der Waals surface area contributed by atoms with Gasteiger partial charge in [-0.05, 0) is 26.9 Å². The number of halogens is 1. The van der Waals surface area contributed by atoms with E-state index in [1.54, 1.807) is 11.3 Å². The van der Waals surface area contributed by atoms with E-state index in [4.69, 9.17) is 0 Å². The van der Waals surface area contributed by atoms with Gasteiger partial charge in [-0.25, -0.2) is 0 Å². The van der Waals surface area contributed by atoms with Crippen LogP contribution in [0.5, 0.6) is 0 Å². The smallest absolute Gasteiger partial charge is 0.137 e. The average molecular weight is 297 g/mol. The van der Waals surface area contributed by atoms with Crippen molar-refractivity contribution in [2.24, 2.45) is 0 Å². The predicted molar refractivity (Wildman–Crippen MR) is 71.7 cm³/mol. The van der Waals surface area contributed by atoms with Crippen molar-refractivity contribution >= 4 is 27.3 Å². The van der Waals surface area contributed by atoms with Crippen molar-refractivity contribution < 1.29 is 0 Å². The Balaban J connectivity index is 2.57. The van der Waals surface area contributed by atoms with Gasteiger partial charge in [-0.3, -0.25) is 0 Å². The van der Waals surface area contributed by atoms with Gasteiger partial charge in [0.15, 0.2) is 3.92 Å². The second-order valence-corrected chi connectivity index (χ2v) is 6.91. The third-order valence-electron chi connectivity index (χ3n) is 2.37. The second kappa shape index (κ2) is 4.26. The van der Waals surface area contributed by atoms with E-state index >= 15 is 0 Å². The van der Waals surface area contributed by atoms with Gasteiger partial charge in [-0.2, -0.15) is 0 Å². The molecule has 0 N–H and O–H groups in total. The Hall–Kier alpha value is -0.740. The maximum atomic E-state index is 4.18. The minimum Gasteiger partial charge on any atom is -0.137 e. The van der Waals surface area contributed by atoms with Crippen molar-refractivity contribution in [3.8, 4) is 10.6 Å². The van der Waals surface area contributed by atoms with Crippen LogP contribution in [0.4, 0.5) is 0 Å². The van der Waals surface area contributed by atoms with E-state index in [1.165, 1.54) is 11.1 Å². The van der Waals surface area contributed by atoms with Gasteiger partial charge in [-0.15, -0.1) is 10.2 Å². The zero-order valence-corrected chi connectivity index (χ0v) is 11.9. The van der Waals surface area contributed by atoms with Crippen molar-refractivity contribution in [2.45, 2.75) is 26.2 Å². The summed E-state index contributed by atoms with van der Waals surface area (Å²) in [7, 11) is 0. The number of hydrogen-bond donors (Lipinski definition) is 0. The third-order valence-corrected chi connectivity index (χ3v) is 3.76. The normalized spacial score (nSPS) is 11.8. The van der Waals surface area contributed by atoms with Gasteiger partial charge in [0.05, 0.1) is 0 Å². The molecule has 0 aliphatic heterocycles. The Labute approximate surface area is 108 Å². The van der Waals surface area contributed by atoms with Crippen LogP contribution in [0.3, 0.4) is 0 Å². The topological polar surface area (TPSA) is 25.8 Å². The fraction of sp³-hybridized carbons (Fsp3) is 0.333. The first-order valence-corrected chi connectivity index (χ1v) is 6.68. The lowest BCUT2D eigenvalue weighted by Gasteiger charge is -2.21. The Morgan fingerprint density at radius 1 is 1.12 bits per heavy atom. The average Bonchev–Trinajstić information content (AvgIpc) is 2.64. The van der Waals surface area contributed by atoms with E-state index in [0.29, 0.717) is 0 Å². The lowest BCUT2D eigenvalue weighted by Crippen LogP contribution is -2.12. The van der Waals surface area contributed by atoms with Crippen LogP contribution < -0.4 is 0 Å². The van der Waals surface area contributed by atoms with Gasteiger partial charge in [-0.1, -0.05) is 56.4 Å². The Morgan fingerprint density at radius 2 is 1.81 bits per heavy atom. The maximum absolute atomic E-state index is 4.18. The highest BCUT2D eigenvalue weighted by atomic mass is 79.9. The SMILES string of the molecule is CC(C)(C)c1ccccc1-c1nnc(Br)s1. The summed E-state index contributed by atoms with van der Waals surface area (Å²) in [5.41, 5.74) is 2.60. The van der Waals surface area contributed by atoms with Gasteiger partial charge >= 0.3 is 0 Å². The summed E-state index contributed by atoms with van der Waals surface area (Å²) in [5.74, 6) is 0. The van der Waals surface area contributed by atoms with Gasteiger partial charge in [0.25, 0.3) is 0 Å². The number of aromatic nitrogens is 2. The molecule has 0 unspecified atom stereocenters. The van der Waals surface area contributed by atoms with E-state index in [9.17, 15) is 0 Å². The van der Waals surface area contributed by atoms with Crippen LogP contribution in [0.25, 0.3) is 10.6 Å². The van der Waals surface area contributed by atoms with Gasteiger partial charge < -0.3 is 0 Å². The maximum Gasteiger partial charge on any atom is 0.183 e. The van der Waals surface area contributed by atoms with Crippen LogP contribution in [0, 0.1) is 0 Å². The molecule has 0 aliphatic rings. The molecule has 2 rings (SSSR count). The van der Waals surface area contributed by atoms with Crippen molar-refractivity contribution in [3.63, 3.8) is 0 Å². The van der Waals surface area contributed by atoms with Crippen LogP contribution in [0.2, 0.25) is 0 Å². The summed E-state index contributed by atoms with van der Waals surface area (Å²) >= 11 is 4.91. The van der Waals surface area contributed by atoms with Crippen LogP contribution in [0.15, 0.2) is 28.2 Å². The molecule has 0 bridgehead atoms. The number of benzene rings is 1. The Kier molecular flexibility index (Phi) is 3.13. The summed E-state index contributed by atoms with van der Waals surface area (Å²) in [6, 6.07) is 8.37. The molecule has 0 atom stereocenters. The molecule has 0 spiro atoms. The third kappa shape index (κ3) is 2.33. The number of rotatable bonds is 1. The first kappa shape index (κ1) is 11.7. The van der Waals surface area contributed by atoms with Crippen LogP contribution in [0.1, 0.15) is 26.3 Å². The molecule has 84 valence electrons. The molecule has 0 radical (unpaired) electrons. The van der Waals surface area contributed by atoms with Crippen molar-refractivity contribution in [2.75, 3.05) is 0 Å². The molecule has 4 heteroatoms. The molecule has 0 fully saturated rings. The lowest BCUT2D eigenvalue weighted by molar-refractivity contribution is 0.592. The molecule has 1 aromatic carbocycles. The summed E-state index contributed by atoms with van der Waals surface area (Å²) in [6.07, 6.45) is 0. The molecule has 1 aromatic heterocycles. The molecule has 2 nitrogen and oxygen atoms in total. The molecule has 16 heavy (non-hydrogen) atoms. The van der Waals surface area contributed by atoms with Crippen LogP contribution in [-0.2, 0) is 5.41 Å².